The highest BCUT2D eigenvalue weighted by Crippen LogP contribution is 2.57. The molecule has 0 amide bonds. The van der Waals surface area contributed by atoms with Gasteiger partial charge in [-0.2, -0.15) is 0 Å². The molecule has 0 radical (unpaired) electrons. The molecule has 260 valence electrons. The standard InChI is InChI=1S/C52H41NO/c1-36-16-14-20-39(32-36)51(38-18-6-3-7-19-38)47-31-29-44(35-50(47)54)53(42-25-15-17-37(2)33-42)43-28-30-46-45-26-12-13-27-48(45)52(49(46)34-43,40-21-8-4-9-22-40)41-23-10-5-11-24-41/h3-35,51,54H,1-2H3. The fraction of sp³-hybridized carbons (Fsp3) is 0.0769. The van der Waals surface area contributed by atoms with Crippen LogP contribution in [0.15, 0.2) is 200 Å². The summed E-state index contributed by atoms with van der Waals surface area (Å²) in [5.41, 5.74) is 15.4. The lowest BCUT2D eigenvalue weighted by atomic mass is 9.67. The molecular formula is C52H41NO. The SMILES string of the molecule is Cc1cccc(C(c2ccccc2)c2ccc(N(c3cccc(C)c3)c3ccc4c(c3)C(c3ccccc3)(c3ccccc3)c3ccccc3-4)cc2O)c1. The second-order valence-electron chi connectivity index (χ2n) is 14.4. The van der Waals surface area contributed by atoms with Gasteiger partial charge in [0.1, 0.15) is 5.75 Å². The first-order chi connectivity index (χ1) is 26.5. The van der Waals surface area contributed by atoms with Gasteiger partial charge in [-0.1, -0.05) is 169 Å². The van der Waals surface area contributed by atoms with Crippen LogP contribution in [0, 0.1) is 13.8 Å². The average Bonchev–Trinajstić information content (AvgIpc) is 3.50. The van der Waals surface area contributed by atoms with Gasteiger partial charge in [-0.3, -0.25) is 0 Å². The summed E-state index contributed by atoms with van der Waals surface area (Å²) in [7, 11) is 0. The molecule has 1 N–H and O–H groups in total. The van der Waals surface area contributed by atoms with Crippen LogP contribution in [0.2, 0.25) is 0 Å². The predicted octanol–water partition coefficient (Wildman–Crippen LogP) is 13.0. The van der Waals surface area contributed by atoms with Gasteiger partial charge in [0.05, 0.1) is 5.41 Å². The third kappa shape index (κ3) is 5.59. The van der Waals surface area contributed by atoms with Gasteiger partial charge in [0, 0.05) is 34.6 Å². The molecule has 0 saturated carbocycles. The van der Waals surface area contributed by atoms with Crippen LogP contribution in [0.3, 0.4) is 0 Å². The second-order valence-corrected chi connectivity index (χ2v) is 14.4. The molecule has 0 bridgehead atoms. The average molecular weight is 696 g/mol. The second kappa shape index (κ2) is 13.7. The molecule has 1 aliphatic carbocycles. The number of phenolic OH excluding ortho intramolecular Hbond substituents is 1. The molecule has 8 aromatic rings. The lowest BCUT2D eigenvalue weighted by molar-refractivity contribution is 0.467. The summed E-state index contributed by atoms with van der Waals surface area (Å²) in [5.74, 6) is 0.139. The van der Waals surface area contributed by atoms with Crippen LogP contribution < -0.4 is 4.90 Å². The van der Waals surface area contributed by atoms with Crippen LogP contribution in [0.4, 0.5) is 17.1 Å². The predicted molar refractivity (Wildman–Crippen MR) is 223 cm³/mol. The number of benzene rings is 8. The van der Waals surface area contributed by atoms with E-state index in [9.17, 15) is 5.11 Å². The Hall–Kier alpha value is -6.64. The molecule has 0 heterocycles. The van der Waals surface area contributed by atoms with Gasteiger partial charge in [-0.15, -0.1) is 0 Å². The van der Waals surface area contributed by atoms with Crippen LogP contribution in [0.5, 0.6) is 5.75 Å². The molecule has 1 aliphatic rings. The van der Waals surface area contributed by atoms with Crippen molar-refractivity contribution in [3.63, 3.8) is 0 Å². The van der Waals surface area contributed by atoms with Crippen LogP contribution in [0.1, 0.15) is 56.0 Å². The topological polar surface area (TPSA) is 23.5 Å². The van der Waals surface area contributed by atoms with Gasteiger partial charge in [-0.25, -0.2) is 0 Å². The number of anilines is 3. The fourth-order valence-electron chi connectivity index (χ4n) is 8.75. The summed E-state index contributed by atoms with van der Waals surface area (Å²) in [5, 5.41) is 12.1. The van der Waals surface area contributed by atoms with Gasteiger partial charge >= 0.3 is 0 Å². The van der Waals surface area contributed by atoms with Crippen molar-refractivity contribution in [3.05, 3.63) is 250 Å². The summed E-state index contributed by atoms with van der Waals surface area (Å²) in [6, 6.07) is 71.5. The third-order valence-corrected chi connectivity index (χ3v) is 11.1. The largest absolute Gasteiger partial charge is 0.508 e. The Morgan fingerprint density at radius 3 is 1.63 bits per heavy atom. The smallest absolute Gasteiger partial charge is 0.121 e. The van der Waals surface area contributed by atoms with E-state index in [1.54, 1.807) is 0 Å². The summed E-state index contributed by atoms with van der Waals surface area (Å²) < 4.78 is 0. The van der Waals surface area contributed by atoms with E-state index in [0.717, 1.165) is 33.8 Å². The molecule has 9 rings (SSSR count). The van der Waals surface area contributed by atoms with Crippen molar-refractivity contribution in [2.75, 3.05) is 4.90 Å². The molecule has 2 nitrogen and oxygen atoms in total. The summed E-state index contributed by atoms with van der Waals surface area (Å²) in [4.78, 5) is 2.28. The fourth-order valence-corrected chi connectivity index (χ4v) is 8.75. The summed E-state index contributed by atoms with van der Waals surface area (Å²) in [6.45, 7) is 4.25. The van der Waals surface area contributed by atoms with E-state index in [4.69, 9.17) is 0 Å². The number of fused-ring (bicyclic) bond motifs is 3. The summed E-state index contributed by atoms with van der Waals surface area (Å²) in [6.07, 6.45) is 0. The molecule has 0 aromatic heterocycles. The zero-order valence-corrected chi connectivity index (χ0v) is 30.5. The Morgan fingerprint density at radius 2 is 0.963 bits per heavy atom. The molecule has 2 heteroatoms. The number of aryl methyl sites for hydroxylation is 2. The van der Waals surface area contributed by atoms with Crippen molar-refractivity contribution in [2.24, 2.45) is 0 Å². The van der Waals surface area contributed by atoms with Crippen molar-refractivity contribution in [1.82, 2.24) is 0 Å². The van der Waals surface area contributed by atoms with E-state index >= 15 is 0 Å². The molecular weight excluding hydrogens is 655 g/mol. The lowest BCUT2D eigenvalue weighted by Crippen LogP contribution is -2.28. The molecule has 1 atom stereocenters. The summed E-state index contributed by atoms with van der Waals surface area (Å²) >= 11 is 0. The van der Waals surface area contributed by atoms with E-state index in [2.05, 4.69) is 207 Å². The van der Waals surface area contributed by atoms with Crippen LogP contribution >= 0.6 is 0 Å². The maximum atomic E-state index is 12.1. The van der Waals surface area contributed by atoms with Crippen molar-refractivity contribution in [3.8, 4) is 16.9 Å². The normalized spacial score (nSPS) is 13.1. The first-order valence-corrected chi connectivity index (χ1v) is 18.7. The number of phenols is 1. The maximum Gasteiger partial charge on any atom is 0.121 e. The lowest BCUT2D eigenvalue weighted by Gasteiger charge is -2.35. The molecule has 0 aliphatic heterocycles. The quantitative estimate of drug-likeness (QED) is 0.160. The van der Waals surface area contributed by atoms with E-state index in [1.807, 2.05) is 12.1 Å². The van der Waals surface area contributed by atoms with Crippen LogP contribution in [-0.2, 0) is 5.41 Å². The number of hydrogen-bond acceptors (Lipinski definition) is 2. The first-order valence-electron chi connectivity index (χ1n) is 18.7. The molecule has 0 fully saturated rings. The molecule has 1 unspecified atom stereocenters. The molecule has 8 aromatic carbocycles. The van der Waals surface area contributed by atoms with Crippen molar-refractivity contribution >= 4 is 17.1 Å². The number of nitrogens with zero attached hydrogens (tertiary/aromatic N) is 1. The maximum absolute atomic E-state index is 12.1. The van der Waals surface area contributed by atoms with Crippen molar-refractivity contribution in [2.45, 2.75) is 25.2 Å². The van der Waals surface area contributed by atoms with Gasteiger partial charge in [0.15, 0.2) is 0 Å². The Kier molecular flexibility index (Phi) is 8.44. The highest BCUT2D eigenvalue weighted by atomic mass is 16.3. The van der Waals surface area contributed by atoms with Gasteiger partial charge in [-0.05, 0) is 94.3 Å². The van der Waals surface area contributed by atoms with Gasteiger partial charge in [0.25, 0.3) is 0 Å². The minimum Gasteiger partial charge on any atom is -0.508 e. The Balaban J connectivity index is 1.25. The Labute approximate surface area is 318 Å². The van der Waals surface area contributed by atoms with Crippen LogP contribution in [0.25, 0.3) is 11.1 Å². The zero-order chi connectivity index (χ0) is 36.6. The van der Waals surface area contributed by atoms with Crippen molar-refractivity contribution in [1.29, 1.82) is 0 Å². The number of aromatic hydroxyl groups is 1. The first kappa shape index (κ1) is 33.2. The third-order valence-electron chi connectivity index (χ3n) is 11.1. The minimum atomic E-state index is -0.522. The zero-order valence-electron chi connectivity index (χ0n) is 30.5. The highest BCUT2D eigenvalue weighted by molar-refractivity contribution is 5.89. The van der Waals surface area contributed by atoms with Crippen molar-refractivity contribution < 1.29 is 5.11 Å². The number of rotatable bonds is 8. The van der Waals surface area contributed by atoms with Gasteiger partial charge in [0.2, 0.25) is 0 Å². The van der Waals surface area contributed by atoms with E-state index < -0.39 is 5.41 Å². The van der Waals surface area contributed by atoms with Gasteiger partial charge < -0.3 is 10.0 Å². The minimum absolute atomic E-state index is 0.122. The molecule has 54 heavy (non-hydrogen) atoms. The van der Waals surface area contributed by atoms with E-state index in [0.29, 0.717) is 0 Å². The van der Waals surface area contributed by atoms with Crippen LogP contribution in [-0.4, -0.2) is 5.11 Å². The van der Waals surface area contributed by atoms with E-state index in [-0.39, 0.29) is 11.7 Å². The Morgan fingerprint density at radius 1 is 0.426 bits per heavy atom. The highest BCUT2D eigenvalue weighted by Gasteiger charge is 2.46. The number of hydrogen-bond donors (Lipinski definition) is 1. The molecule has 0 spiro atoms. The van der Waals surface area contributed by atoms with E-state index in [1.165, 1.54) is 44.5 Å². The monoisotopic (exact) mass is 695 g/mol. The Bertz CT molecular complexity index is 2550. The molecule has 0 saturated heterocycles.